The summed E-state index contributed by atoms with van der Waals surface area (Å²) in [6.07, 6.45) is -4.96. The SMILES string of the molecule is N#Cc1ccc(-n2c3ccc(-c4nc(-c5ccccc5)nc(-c5ccccc5)n4)cc3c3cc(-c4nc(-c5ccccc5)nc(-c5ccccc5)n4)ccc32)c(-c2cc(-n3c4ccc(-c5nc(-c6ccccc6)nc(-c6ccccc6)n5)cc4c4cc(-c5nc(-c6ccccc6)nc(-c6ccccc6)n5)ccc43)ccc2-c2ccc(C#N)cc2C(F)(F)F)c1. The molecule has 6 aromatic heterocycles. The number of fused-ring (bicyclic) bond motifs is 6. The Labute approximate surface area is 707 Å². The summed E-state index contributed by atoms with van der Waals surface area (Å²) in [4.78, 5) is 61.7. The molecule has 0 aliphatic rings. The Balaban J connectivity index is 0.821. The second kappa shape index (κ2) is 31.2. The molecule has 0 bridgehead atoms. The Morgan fingerprint density at radius 1 is 0.210 bits per heavy atom. The average molecular weight is 1600 g/mol. The molecule has 0 saturated carbocycles. The highest BCUT2D eigenvalue weighted by atomic mass is 19.4. The molecule has 0 aliphatic carbocycles. The van der Waals surface area contributed by atoms with Crippen LogP contribution in [-0.4, -0.2) is 68.9 Å². The summed E-state index contributed by atoms with van der Waals surface area (Å²) >= 11 is 0. The summed E-state index contributed by atoms with van der Waals surface area (Å²) in [5.74, 6) is 5.32. The number of benzene rings is 15. The van der Waals surface area contributed by atoms with Crippen LogP contribution in [0, 0.1) is 22.7 Å². The van der Waals surface area contributed by atoms with E-state index in [1.165, 1.54) is 12.1 Å². The van der Waals surface area contributed by atoms with Crippen molar-refractivity contribution in [2.45, 2.75) is 6.18 Å². The standard InChI is InChI=1S/C105H61F3N16/c106-105(107,108)87-56-65(63-110)41-48-80(87)79-49-47-78(123-88-51-43-74(101-115-93(66-25-9-1-10-26-66)111-94(116-101)67-27-11-2-12-28-67)57-83(88)84-58-75(44-52-89(84)123)102-117-95(68-29-13-3-14-30-68)112-96(118-102)69-31-15-4-16-32-69)61-81(79)82-55-64(62-109)42-50-90(82)124-91-53-45-76(103-119-97(70-33-17-5-18-34-70)113-98(120-103)71-35-19-6-20-36-71)59-85(91)86-60-77(46-54-92(86)124)104-121-99(72-37-21-7-22-38-72)114-100(122-104)73-39-23-8-24-40-73/h1-61H. The first-order valence-corrected chi connectivity index (χ1v) is 39.9. The molecule has 0 spiro atoms. The van der Waals surface area contributed by atoms with Crippen LogP contribution in [0.5, 0.6) is 0 Å². The van der Waals surface area contributed by atoms with Crippen molar-refractivity contribution in [1.82, 2.24) is 68.9 Å². The first-order chi connectivity index (χ1) is 60.9. The molecule has 582 valence electrons. The van der Waals surface area contributed by atoms with Gasteiger partial charge in [0.25, 0.3) is 0 Å². The van der Waals surface area contributed by atoms with E-state index in [0.717, 1.165) is 72.1 Å². The van der Waals surface area contributed by atoms with Crippen molar-refractivity contribution in [3.8, 4) is 182 Å². The maximum absolute atomic E-state index is 16.3. The van der Waals surface area contributed by atoms with Crippen LogP contribution in [-0.2, 0) is 6.18 Å². The van der Waals surface area contributed by atoms with E-state index in [4.69, 9.17) is 59.8 Å². The normalized spacial score (nSPS) is 11.5. The largest absolute Gasteiger partial charge is 0.417 e. The van der Waals surface area contributed by atoms with Crippen molar-refractivity contribution in [3.63, 3.8) is 0 Å². The first kappa shape index (κ1) is 74.3. The molecular formula is C105H61F3N16. The first-order valence-electron chi connectivity index (χ1n) is 39.9. The summed E-state index contributed by atoms with van der Waals surface area (Å²) in [7, 11) is 0. The van der Waals surface area contributed by atoms with Crippen LogP contribution >= 0.6 is 0 Å². The van der Waals surface area contributed by atoms with Crippen molar-refractivity contribution in [2.24, 2.45) is 0 Å². The highest BCUT2D eigenvalue weighted by Crippen LogP contribution is 2.48. The van der Waals surface area contributed by atoms with Crippen LogP contribution in [0.15, 0.2) is 370 Å². The third kappa shape index (κ3) is 14.0. The molecule has 15 aromatic carbocycles. The molecule has 124 heavy (non-hydrogen) atoms. The minimum Gasteiger partial charge on any atom is -0.309 e. The Morgan fingerprint density at radius 2 is 0.460 bits per heavy atom. The Hall–Kier alpha value is -17.3. The lowest BCUT2D eigenvalue weighted by Crippen LogP contribution is -2.08. The summed E-state index contributed by atoms with van der Waals surface area (Å²) in [5, 5.41) is 24.5. The van der Waals surface area contributed by atoms with Gasteiger partial charge < -0.3 is 9.13 Å². The van der Waals surface area contributed by atoms with Crippen LogP contribution in [0.1, 0.15) is 16.7 Å². The quantitative estimate of drug-likeness (QED) is 0.0881. The Bertz CT molecular complexity index is 7240. The lowest BCUT2D eigenvalue weighted by molar-refractivity contribution is -0.137. The monoisotopic (exact) mass is 1600 g/mol. The van der Waals surface area contributed by atoms with E-state index in [1.807, 2.05) is 328 Å². The fourth-order valence-electron chi connectivity index (χ4n) is 16.1. The van der Waals surface area contributed by atoms with Crippen LogP contribution in [0.2, 0.25) is 0 Å². The third-order valence-electron chi connectivity index (χ3n) is 22.0. The summed E-state index contributed by atoms with van der Waals surface area (Å²) in [6.45, 7) is 0. The number of alkyl halides is 3. The molecular weight excluding hydrogens is 1540 g/mol. The van der Waals surface area contributed by atoms with Gasteiger partial charge in [0, 0.05) is 99.6 Å². The molecule has 0 radical (unpaired) electrons. The second-order valence-corrected chi connectivity index (χ2v) is 29.7. The van der Waals surface area contributed by atoms with Gasteiger partial charge in [-0.3, -0.25) is 0 Å². The Kier molecular flexibility index (Phi) is 18.7. The fraction of sp³-hybridized carbons (Fsp3) is 0.00952. The molecule has 6 heterocycles. The van der Waals surface area contributed by atoms with Gasteiger partial charge in [0.1, 0.15) is 0 Å². The van der Waals surface area contributed by atoms with E-state index in [9.17, 15) is 10.5 Å². The lowest BCUT2D eigenvalue weighted by Gasteiger charge is -2.21. The maximum atomic E-state index is 16.3. The summed E-state index contributed by atoms with van der Waals surface area (Å²) < 4.78 is 53.0. The number of aromatic nitrogens is 14. The number of hydrogen-bond acceptors (Lipinski definition) is 14. The van der Waals surface area contributed by atoms with Crippen molar-refractivity contribution < 1.29 is 13.2 Å². The van der Waals surface area contributed by atoms with Gasteiger partial charge in [-0.15, -0.1) is 0 Å². The van der Waals surface area contributed by atoms with Gasteiger partial charge in [0.15, 0.2) is 69.9 Å². The number of nitriles is 2. The van der Waals surface area contributed by atoms with Gasteiger partial charge >= 0.3 is 6.18 Å². The van der Waals surface area contributed by atoms with E-state index in [0.29, 0.717) is 137 Å². The molecule has 0 N–H and O–H groups in total. The maximum Gasteiger partial charge on any atom is 0.417 e. The van der Waals surface area contributed by atoms with Crippen molar-refractivity contribution in [2.75, 3.05) is 0 Å². The van der Waals surface area contributed by atoms with E-state index in [-0.39, 0.29) is 22.3 Å². The van der Waals surface area contributed by atoms with Gasteiger partial charge in [-0.05, 0) is 132 Å². The molecule has 21 aromatic rings. The fourth-order valence-corrected chi connectivity index (χ4v) is 16.1. The molecule has 0 fully saturated rings. The summed E-state index contributed by atoms with van der Waals surface area (Å²) in [6, 6.07) is 121. The summed E-state index contributed by atoms with van der Waals surface area (Å²) in [5.41, 5.74) is 12.3. The molecule has 0 amide bonds. The highest BCUT2D eigenvalue weighted by molar-refractivity contribution is 6.14. The molecule has 0 saturated heterocycles. The average Bonchev–Trinajstić information content (AvgIpc) is 1.70. The smallest absolute Gasteiger partial charge is 0.309 e. The van der Waals surface area contributed by atoms with Gasteiger partial charge in [0.05, 0.1) is 56.6 Å². The number of hydrogen-bond donors (Lipinski definition) is 0. The third-order valence-corrected chi connectivity index (χ3v) is 22.0. The zero-order valence-electron chi connectivity index (χ0n) is 65.5. The predicted molar refractivity (Wildman–Crippen MR) is 479 cm³/mol. The van der Waals surface area contributed by atoms with E-state index in [2.05, 4.69) is 27.3 Å². The molecule has 0 unspecified atom stereocenters. The molecule has 0 aliphatic heterocycles. The topological polar surface area (TPSA) is 212 Å². The number of nitrogens with zero attached hydrogens (tertiary/aromatic N) is 16. The van der Waals surface area contributed by atoms with Crippen molar-refractivity contribution in [3.05, 3.63) is 387 Å². The second-order valence-electron chi connectivity index (χ2n) is 29.7. The zero-order chi connectivity index (χ0) is 83.4. The van der Waals surface area contributed by atoms with E-state index < -0.39 is 11.7 Å². The Morgan fingerprint density at radius 3 is 0.734 bits per heavy atom. The van der Waals surface area contributed by atoms with Crippen LogP contribution in [0.25, 0.3) is 214 Å². The molecule has 19 heteroatoms. The highest BCUT2D eigenvalue weighted by Gasteiger charge is 2.36. The zero-order valence-corrected chi connectivity index (χ0v) is 65.5. The van der Waals surface area contributed by atoms with Gasteiger partial charge in [-0.1, -0.05) is 255 Å². The van der Waals surface area contributed by atoms with Gasteiger partial charge in [-0.2, -0.15) is 23.7 Å². The van der Waals surface area contributed by atoms with Gasteiger partial charge in [0.2, 0.25) is 0 Å². The van der Waals surface area contributed by atoms with Crippen molar-refractivity contribution in [1.29, 1.82) is 10.5 Å². The van der Waals surface area contributed by atoms with Crippen molar-refractivity contribution >= 4 is 43.6 Å². The molecule has 16 nitrogen and oxygen atoms in total. The number of rotatable bonds is 16. The minimum absolute atomic E-state index is 0.153. The molecule has 0 atom stereocenters. The lowest BCUT2D eigenvalue weighted by atomic mass is 9.89. The molecule has 21 rings (SSSR count). The van der Waals surface area contributed by atoms with E-state index >= 15 is 13.2 Å². The predicted octanol–water partition coefficient (Wildman–Crippen LogP) is 24.7. The minimum atomic E-state index is -4.96. The van der Waals surface area contributed by atoms with Gasteiger partial charge in [-0.25, -0.2) is 59.8 Å². The number of halogens is 3. The van der Waals surface area contributed by atoms with Crippen LogP contribution < -0.4 is 0 Å². The van der Waals surface area contributed by atoms with E-state index in [1.54, 1.807) is 18.2 Å². The van der Waals surface area contributed by atoms with Crippen LogP contribution in [0.3, 0.4) is 0 Å². The van der Waals surface area contributed by atoms with Crippen LogP contribution in [0.4, 0.5) is 13.2 Å².